The maximum Gasteiger partial charge on any atom is 0.416 e. The molecule has 3 aromatic rings. The van der Waals surface area contributed by atoms with Gasteiger partial charge in [0.25, 0.3) is 0 Å². The fourth-order valence-corrected chi connectivity index (χ4v) is 4.93. The van der Waals surface area contributed by atoms with Crippen LogP contribution in [0.5, 0.6) is 0 Å². The number of nitrogens with zero attached hydrogens (tertiary/aromatic N) is 2. The first kappa shape index (κ1) is 27.2. The van der Waals surface area contributed by atoms with E-state index in [1.807, 2.05) is 48.5 Å². The van der Waals surface area contributed by atoms with Crippen LogP contribution in [0.2, 0.25) is 0 Å². The van der Waals surface area contributed by atoms with Crippen LogP contribution < -0.4 is 0 Å². The molecule has 1 saturated heterocycles. The molecule has 3 aromatic carbocycles. The van der Waals surface area contributed by atoms with Gasteiger partial charge in [0.05, 0.1) is 11.1 Å². The number of hydrogen-bond donors (Lipinski definition) is 0. The normalized spacial score (nSPS) is 16.6. The molecular formula is C29H30F6N2. The summed E-state index contributed by atoms with van der Waals surface area (Å²) < 4.78 is 79.9. The lowest BCUT2D eigenvalue weighted by Crippen LogP contribution is -2.48. The molecule has 1 atom stereocenters. The fourth-order valence-electron chi connectivity index (χ4n) is 4.93. The Morgan fingerprint density at radius 2 is 1.16 bits per heavy atom. The van der Waals surface area contributed by atoms with Crippen molar-refractivity contribution in [2.24, 2.45) is 0 Å². The first-order valence-electron chi connectivity index (χ1n) is 12.4. The summed E-state index contributed by atoms with van der Waals surface area (Å²) in [6.07, 6.45) is -8.19. The smallest absolute Gasteiger partial charge is 0.300 e. The first-order chi connectivity index (χ1) is 17.6. The fraction of sp³-hybridized carbons (Fsp3) is 0.379. The van der Waals surface area contributed by atoms with Crippen molar-refractivity contribution in [3.8, 4) is 0 Å². The van der Waals surface area contributed by atoms with Crippen LogP contribution in [0.15, 0.2) is 78.9 Å². The van der Waals surface area contributed by atoms with Crippen LogP contribution in [0.25, 0.3) is 0 Å². The molecule has 0 amide bonds. The zero-order valence-corrected chi connectivity index (χ0v) is 20.4. The third kappa shape index (κ3) is 7.58. The predicted octanol–water partition coefficient (Wildman–Crippen LogP) is 7.26. The van der Waals surface area contributed by atoms with E-state index in [1.54, 1.807) is 0 Å². The second-order valence-corrected chi connectivity index (χ2v) is 9.49. The lowest BCUT2D eigenvalue weighted by atomic mass is 9.95. The van der Waals surface area contributed by atoms with Crippen molar-refractivity contribution in [2.75, 3.05) is 32.7 Å². The van der Waals surface area contributed by atoms with Crippen LogP contribution in [0.1, 0.15) is 40.3 Å². The van der Waals surface area contributed by atoms with Gasteiger partial charge >= 0.3 is 12.4 Å². The minimum absolute atomic E-state index is 0.0459. The molecule has 37 heavy (non-hydrogen) atoms. The van der Waals surface area contributed by atoms with Gasteiger partial charge in [0, 0.05) is 38.8 Å². The van der Waals surface area contributed by atoms with Gasteiger partial charge in [-0.3, -0.25) is 4.90 Å². The SMILES string of the molecule is FC(F)(F)c1cc(CCC(c2ccccc2)N2CCN(CCc3ccccc3)CC2)cc(C(F)(F)F)c1. The zero-order chi connectivity index (χ0) is 26.5. The van der Waals surface area contributed by atoms with Crippen LogP contribution in [0.3, 0.4) is 0 Å². The molecule has 1 unspecified atom stereocenters. The number of hydrogen-bond acceptors (Lipinski definition) is 2. The molecule has 0 spiro atoms. The molecule has 0 aliphatic carbocycles. The highest BCUT2D eigenvalue weighted by atomic mass is 19.4. The predicted molar refractivity (Wildman–Crippen MR) is 132 cm³/mol. The maximum absolute atomic E-state index is 13.3. The van der Waals surface area contributed by atoms with Crippen LogP contribution in [-0.4, -0.2) is 42.5 Å². The Bertz CT molecular complexity index is 1090. The van der Waals surface area contributed by atoms with Gasteiger partial charge in [-0.1, -0.05) is 60.7 Å². The molecule has 1 heterocycles. The molecule has 198 valence electrons. The standard InChI is InChI=1S/C29H30F6N2/c30-28(31,32)25-19-23(20-26(21-25)29(33,34)35)11-12-27(24-9-5-2-6-10-24)37-17-15-36(16-18-37)14-13-22-7-3-1-4-8-22/h1-10,19-21,27H,11-18H2. The van der Waals surface area contributed by atoms with Crippen molar-refractivity contribution >= 4 is 0 Å². The number of piperazine rings is 1. The number of rotatable bonds is 8. The van der Waals surface area contributed by atoms with E-state index in [0.29, 0.717) is 6.42 Å². The quantitative estimate of drug-likeness (QED) is 0.289. The van der Waals surface area contributed by atoms with Gasteiger partial charge in [-0.05, 0) is 54.2 Å². The Morgan fingerprint density at radius 3 is 1.70 bits per heavy atom. The van der Waals surface area contributed by atoms with E-state index < -0.39 is 23.5 Å². The van der Waals surface area contributed by atoms with Crippen molar-refractivity contribution in [2.45, 2.75) is 37.7 Å². The van der Waals surface area contributed by atoms with E-state index in [9.17, 15) is 26.3 Å². The summed E-state index contributed by atoms with van der Waals surface area (Å²) in [5.74, 6) is 0. The maximum atomic E-state index is 13.3. The van der Waals surface area contributed by atoms with E-state index in [-0.39, 0.29) is 24.1 Å². The topological polar surface area (TPSA) is 6.48 Å². The zero-order valence-electron chi connectivity index (χ0n) is 20.4. The Morgan fingerprint density at radius 1 is 0.622 bits per heavy atom. The van der Waals surface area contributed by atoms with Crippen LogP contribution in [0, 0.1) is 0 Å². The van der Waals surface area contributed by atoms with Crippen LogP contribution in [0.4, 0.5) is 26.3 Å². The Balaban J connectivity index is 1.45. The van der Waals surface area contributed by atoms with Crippen molar-refractivity contribution in [3.05, 3.63) is 107 Å². The average molecular weight is 521 g/mol. The Hall–Kier alpha value is -2.84. The number of aryl methyl sites for hydroxylation is 1. The summed E-state index contributed by atoms with van der Waals surface area (Å²) in [5, 5.41) is 0. The second kappa shape index (κ2) is 11.7. The molecule has 1 aliphatic heterocycles. The Kier molecular flexibility index (Phi) is 8.60. The van der Waals surface area contributed by atoms with E-state index in [4.69, 9.17) is 0 Å². The molecule has 0 N–H and O–H groups in total. The van der Waals surface area contributed by atoms with Gasteiger partial charge in [0.2, 0.25) is 0 Å². The van der Waals surface area contributed by atoms with E-state index >= 15 is 0 Å². The van der Waals surface area contributed by atoms with Crippen molar-refractivity contribution in [1.29, 1.82) is 0 Å². The summed E-state index contributed by atoms with van der Waals surface area (Å²) >= 11 is 0. The van der Waals surface area contributed by atoms with Crippen molar-refractivity contribution in [3.63, 3.8) is 0 Å². The lowest BCUT2D eigenvalue weighted by Gasteiger charge is -2.39. The van der Waals surface area contributed by atoms with Crippen molar-refractivity contribution in [1.82, 2.24) is 9.80 Å². The molecule has 0 saturated carbocycles. The van der Waals surface area contributed by atoms with Gasteiger partial charge in [0.1, 0.15) is 0 Å². The molecule has 0 aromatic heterocycles. The number of halogens is 6. The molecule has 2 nitrogen and oxygen atoms in total. The lowest BCUT2D eigenvalue weighted by molar-refractivity contribution is -0.143. The van der Waals surface area contributed by atoms with E-state index in [2.05, 4.69) is 21.9 Å². The van der Waals surface area contributed by atoms with Gasteiger partial charge in [-0.2, -0.15) is 26.3 Å². The van der Waals surface area contributed by atoms with Crippen LogP contribution >= 0.6 is 0 Å². The summed E-state index contributed by atoms with van der Waals surface area (Å²) in [6.45, 7) is 4.23. The highest BCUT2D eigenvalue weighted by molar-refractivity contribution is 5.34. The molecule has 8 heteroatoms. The van der Waals surface area contributed by atoms with Gasteiger partial charge in [0.15, 0.2) is 0 Å². The van der Waals surface area contributed by atoms with Gasteiger partial charge < -0.3 is 4.90 Å². The van der Waals surface area contributed by atoms with E-state index in [0.717, 1.165) is 56.8 Å². The monoisotopic (exact) mass is 520 g/mol. The highest BCUT2D eigenvalue weighted by Crippen LogP contribution is 2.37. The first-order valence-corrected chi connectivity index (χ1v) is 12.4. The molecular weight excluding hydrogens is 490 g/mol. The number of alkyl halides is 6. The number of benzene rings is 3. The van der Waals surface area contributed by atoms with Crippen LogP contribution in [-0.2, 0) is 25.2 Å². The largest absolute Gasteiger partial charge is 0.416 e. The third-order valence-electron chi connectivity index (χ3n) is 6.95. The molecule has 0 radical (unpaired) electrons. The summed E-state index contributed by atoms with van der Waals surface area (Å²) in [5.41, 5.74) is -0.180. The molecule has 1 fully saturated rings. The average Bonchev–Trinajstić information content (AvgIpc) is 2.88. The molecule has 4 rings (SSSR count). The summed E-state index contributed by atoms with van der Waals surface area (Å²) in [7, 11) is 0. The molecule has 0 bridgehead atoms. The Labute approximate surface area is 213 Å². The summed E-state index contributed by atoms with van der Waals surface area (Å²) in [6, 6.07) is 21.7. The molecule has 1 aliphatic rings. The minimum Gasteiger partial charge on any atom is -0.300 e. The second-order valence-electron chi connectivity index (χ2n) is 9.49. The van der Waals surface area contributed by atoms with E-state index in [1.165, 1.54) is 5.56 Å². The third-order valence-corrected chi connectivity index (χ3v) is 6.95. The van der Waals surface area contributed by atoms with Gasteiger partial charge in [-0.15, -0.1) is 0 Å². The summed E-state index contributed by atoms with van der Waals surface area (Å²) in [4.78, 5) is 4.70. The van der Waals surface area contributed by atoms with Gasteiger partial charge in [-0.25, -0.2) is 0 Å². The minimum atomic E-state index is -4.84. The highest BCUT2D eigenvalue weighted by Gasteiger charge is 2.37. The van der Waals surface area contributed by atoms with Crippen molar-refractivity contribution < 1.29 is 26.3 Å².